The van der Waals surface area contributed by atoms with Crippen molar-refractivity contribution < 1.29 is 5.11 Å². The van der Waals surface area contributed by atoms with Crippen LogP contribution in [0.4, 0.5) is 0 Å². The molecule has 98 valence electrons. The Labute approximate surface area is 108 Å². The summed E-state index contributed by atoms with van der Waals surface area (Å²) in [5.74, 6) is 0. The summed E-state index contributed by atoms with van der Waals surface area (Å²) >= 11 is 0. The molecule has 1 unspecified atom stereocenters. The zero-order valence-corrected chi connectivity index (χ0v) is 11.3. The molecule has 0 aromatic carbocycles. The van der Waals surface area contributed by atoms with Crippen LogP contribution in [0.25, 0.3) is 0 Å². The number of hydrogen-bond acceptors (Lipinski definition) is 2. The van der Waals surface area contributed by atoms with E-state index in [-0.39, 0.29) is 6.10 Å². The van der Waals surface area contributed by atoms with E-state index in [0.29, 0.717) is 0 Å². The molecule has 0 radical (unpaired) electrons. The minimum atomic E-state index is -0.357. The predicted octanol–water partition coefficient (Wildman–Crippen LogP) is 2.50. The molecule has 4 heteroatoms. The molecule has 1 atom stereocenters. The summed E-state index contributed by atoms with van der Waals surface area (Å²) in [6.45, 7) is 7.77. The number of aliphatic hydroxyl groups is 1. The summed E-state index contributed by atoms with van der Waals surface area (Å²) in [4.78, 5) is 0. The van der Waals surface area contributed by atoms with E-state index in [1.165, 1.54) is 5.69 Å². The smallest absolute Gasteiger partial charge is 0.0802 e. The first-order valence-electron chi connectivity index (χ1n) is 6.51. The zero-order valence-electron chi connectivity index (χ0n) is 11.3. The van der Waals surface area contributed by atoms with Gasteiger partial charge < -0.3 is 9.67 Å². The number of hydrogen-bond donors (Lipinski definition) is 1. The minimum absolute atomic E-state index is 0.357. The van der Waals surface area contributed by atoms with Gasteiger partial charge in [0.05, 0.1) is 24.0 Å². The number of aromatic nitrogens is 3. The Balaban J connectivity index is 2.15. The SMILES string of the molecule is CCC(O)c1ccn(Cc2cc(C)nn2CC)c1. The molecule has 0 saturated heterocycles. The van der Waals surface area contributed by atoms with Crippen LogP contribution in [0, 0.1) is 6.92 Å². The average molecular weight is 247 g/mol. The van der Waals surface area contributed by atoms with Gasteiger partial charge in [0.2, 0.25) is 0 Å². The molecule has 4 nitrogen and oxygen atoms in total. The average Bonchev–Trinajstić information content (AvgIpc) is 2.95. The number of aliphatic hydroxyl groups excluding tert-OH is 1. The Kier molecular flexibility index (Phi) is 3.87. The maximum Gasteiger partial charge on any atom is 0.0802 e. The summed E-state index contributed by atoms with van der Waals surface area (Å²) < 4.78 is 4.11. The molecule has 0 fully saturated rings. The second-order valence-corrected chi connectivity index (χ2v) is 4.63. The topological polar surface area (TPSA) is 43.0 Å². The summed E-state index contributed by atoms with van der Waals surface area (Å²) in [6, 6.07) is 4.09. The second kappa shape index (κ2) is 5.40. The van der Waals surface area contributed by atoms with E-state index in [2.05, 4.69) is 22.7 Å². The quantitative estimate of drug-likeness (QED) is 0.882. The van der Waals surface area contributed by atoms with Gasteiger partial charge >= 0.3 is 0 Å². The highest BCUT2D eigenvalue weighted by Gasteiger charge is 2.08. The third-order valence-corrected chi connectivity index (χ3v) is 3.17. The molecule has 2 rings (SSSR count). The fraction of sp³-hybridized carbons (Fsp3) is 0.500. The molecular formula is C14H21N3O. The molecule has 0 aliphatic rings. The van der Waals surface area contributed by atoms with Crippen molar-refractivity contribution in [1.29, 1.82) is 0 Å². The molecule has 0 amide bonds. The summed E-state index contributed by atoms with van der Waals surface area (Å²) in [7, 11) is 0. The van der Waals surface area contributed by atoms with Crippen molar-refractivity contribution in [2.24, 2.45) is 0 Å². The van der Waals surface area contributed by atoms with Crippen LogP contribution in [0.1, 0.15) is 43.3 Å². The first-order chi connectivity index (χ1) is 8.63. The largest absolute Gasteiger partial charge is 0.388 e. The van der Waals surface area contributed by atoms with Crippen LogP contribution >= 0.6 is 0 Å². The molecule has 0 aliphatic heterocycles. The molecule has 0 saturated carbocycles. The number of aryl methyl sites for hydroxylation is 2. The van der Waals surface area contributed by atoms with Gasteiger partial charge in [-0.1, -0.05) is 6.92 Å². The van der Waals surface area contributed by atoms with E-state index in [4.69, 9.17) is 0 Å². The monoisotopic (exact) mass is 247 g/mol. The number of rotatable bonds is 5. The standard InChI is InChI=1S/C14H21N3O/c1-4-14(18)12-6-7-16(9-12)10-13-8-11(3)15-17(13)5-2/h6-9,14,18H,4-5,10H2,1-3H3. The van der Waals surface area contributed by atoms with Gasteiger partial charge in [-0.15, -0.1) is 0 Å². The van der Waals surface area contributed by atoms with Gasteiger partial charge in [0.25, 0.3) is 0 Å². The van der Waals surface area contributed by atoms with Crippen LogP contribution in [0.15, 0.2) is 24.5 Å². The van der Waals surface area contributed by atoms with Crippen molar-refractivity contribution in [1.82, 2.24) is 14.3 Å². The van der Waals surface area contributed by atoms with Gasteiger partial charge in [-0.05, 0) is 38.0 Å². The second-order valence-electron chi connectivity index (χ2n) is 4.63. The van der Waals surface area contributed by atoms with E-state index in [0.717, 1.165) is 30.8 Å². The summed E-state index contributed by atoms with van der Waals surface area (Å²) in [5, 5.41) is 14.2. The molecular weight excluding hydrogens is 226 g/mol. The van der Waals surface area contributed by atoms with Crippen molar-refractivity contribution in [3.05, 3.63) is 41.5 Å². The highest BCUT2D eigenvalue weighted by Crippen LogP contribution is 2.17. The molecule has 0 bridgehead atoms. The fourth-order valence-corrected chi connectivity index (χ4v) is 2.18. The normalized spacial score (nSPS) is 12.9. The Morgan fingerprint density at radius 1 is 1.39 bits per heavy atom. The Morgan fingerprint density at radius 2 is 2.17 bits per heavy atom. The van der Waals surface area contributed by atoms with Gasteiger partial charge in [-0.2, -0.15) is 5.10 Å². The van der Waals surface area contributed by atoms with Crippen LogP contribution in [-0.4, -0.2) is 19.5 Å². The van der Waals surface area contributed by atoms with Crippen molar-refractivity contribution in [2.45, 2.75) is 46.4 Å². The molecule has 2 aromatic heterocycles. The van der Waals surface area contributed by atoms with Gasteiger partial charge in [-0.25, -0.2) is 0 Å². The molecule has 18 heavy (non-hydrogen) atoms. The van der Waals surface area contributed by atoms with E-state index in [9.17, 15) is 5.11 Å². The summed E-state index contributed by atoms with van der Waals surface area (Å²) in [6.07, 6.45) is 4.41. The van der Waals surface area contributed by atoms with Gasteiger partial charge in [0.1, 0.15) is 0 Å². The molecule has 0 aliphatic carbocycles. The predicted molar refractivity (Wildman–Crippen MR) is 71.4 cm³/mol. The summed E-state index contributed by atoms with van der Waals surface area (Å²) in [5.41, 5.74) is 3.23. The maximum absolute atomic E-state index is 9.78. The van der Waals surface area contributed by atoms with Crippen LogP contribution in [0.2, 0.25) is 0 Å². The van der Waals surface area contributed by atoms with Gasteiger partial charge in [0.15, 0.2) is 0 Å². The third-order valence-electron chi connectivity index (χ3n) is 3.17. The van der Waals surface area contributed by atoms with Crippen LogP contribution in [0.5, 0.6) is 0 Å². The lowest BCUT2D eigenvalue weighted by Crippen LogP contribution is -2.06. The third kappa shape index (κ3) is 2.64. The van der Waals surface area contributed by atoms with Crippen molar-refractivity contribution in [3.63, 3.8) is 0 Å². The molecule has 1 N–H and O–H groups in total. The van der Waals surface area contributed by atoms with E-state index in [1.54, 1.807) is 0 Å². The van der Waals surface area contributed by atoms with E-state index in [1.807, 2.05) is 37.0 Å². The lowest BCUT2D eigenvalue weighted by atomic mass is 10.1. The molecule has 0 spiro atoms. The molecule has 2 aromatic rings. The number of nitrogens with zero attached hydrogens (tertiary/aromatic N) is 3. The Bertz CT molecular complexity index is 513. The van der Waals surface area contributed by atoms with Gasteiger partial charge in [0, 0.05) is 18.9 Å². The van der Waals surface area contributed by atoms with Crippen molar-refractivity contribution >= 4 is 0 Å². The van der Waals surface area contributed by atoms with E-state index >= 15 is 0 Å². The zero-order chi connectivity index (χ0) is 13.1. The van der Waals surface area contributed by atoms with Crippen LogP contribution < -0.4 is 0 Å². The Morgan fingerprint density at radius 3 is 2.83 bits per heavy atom. The highest BCUT2D eigenvalue weighted by atomic mass is 16.3. The Hall–Kier alpha value is -1.55. The maximum atomic E-state index is 9.78. The molecule has 2 heterocycles. The fourth-order valence-electron chi connectivity index (χ4n) is 2.18. The van der Waals surface area contributed by atoms with Crippen LogP contribution in [-0.2, 0) is 13.1 Å². The van der Waals surface area contributed by atoms with Crippen LogP contribution in [0.3, 0.4) is 0 Å². The first kappa shape index (κ1) is 12.9. The van der Waals surface area contributed by atoms with Gasteiger partial charge in [-0.3, -0.25) is 4.68 Å². The van der Waals surface area contributed by atoms with E-state index < -0.39 is 0 Å². The lowest BCUT2D eigenvalue weighted by molar-refractivity contribution is 0.173. The lowest BCUT2D eigenvalue weighted by Gasteiger charge is -2.06. The minimum Gasteiger partial charge on any atom is -0.388 e. The van der Waals surface area contributed by atoms with Crippen molar-refractivity contribution in [2.75, 3.05) is 0 Å². The highest BCUT2D eigenvalue weighted by molar-refractivity contribution is 5.16. The first-order valence-corrected chi connectivity index (χ1v) is 6.51. The van der Waals surface area contributed by atoms with Crippen molar-refractivity contribution in [3.8, 4) is 0 Å².